The van der Waals surface area contributed by atoms with Crippen molar-refractivity contribution in [2.45, 2.75) is 77.2 Å². The Morgan fingerprint density at radius 3 is 2.00 bits per heavy atom. The molecule has 2 N–H and O–H groups in total. The molecule has 4 nitrogen and oxygen atoms in total. The molecule has 0 heterocycles. The fourth-order valence-electron chi connectivity index (χ4n) is 4.95. The first-order valence-electron chi connectivity index (χ1n) is 14.0. The van der Waals surface area contributed by atoms with Gasteiger partial charge in [0.05, 0.1) is 5.56 Å². The maximum atomic E-state index is 13.0. The molecule has 1 aliphatic rings. The quantitative estimate of drug-likeness (QED) is 0.272. The molecule has 0 spiro atoms. The third-order valence-electron chi connectivity index (χ3n) is 7.35. The van der Waals surface area contributed by atoms with Crippen molar-refractivity contribution in [3.8, 4) is 11.1 Å². The Bertz CT molecular complexity index is 1170. The van der Waals surface area contributed by atoms with Gasteiger partial charge in [-0.05, 0) is 65.8 Å². The molecule has 0 atom stereocenters. The van der Waals surface area contributed by atoms with Gasteiger partial charge in [0.2, 0.25) is 0 Å². The van der Waals surface area contributed by atoms with Gasteiger partial charge in [0.15, 0.2) is 0 Å². The van der Waals surface area contributed by atoms with E-state index < -0.39 is 11.7 Å². The lowest BCUT2D eigenvalue weighted by Gasteiger charge is -2.23. The van der Waals surface area contributed by atoms with Crippen LogP contribution < -0.4 is 10.6 Å². The van der Waals surface area contributed by atoms with Gasteiger partial charge in [0.25, 0.3) is 0 Å². The predicted molar refractivity (Wildman–Crippen MR) is 151 cm³/mol. The molecule has 0 aliphatic heterocycles. The highest BCUT2D eigenvalue weighted by Crippen LogP contribution is 2.30. The Morgan fingerprint density at radius 2 is 1.44 bits per heavy atom. The summed E-state index contributed by atoms with van der Waals surface area (Å²) < 4.78 is 38.5. The number of benzene rings is 3. The molecule has 0 radical (unpaired) electrons. The van der Waals surface area contributed by atoms with Crippen molar-refractivity contribution in [3.63, 3.8) is 0 Å². The monoisotopic (exact) mass is 537 g/mol. The number of halogens is 3. The van der Waals surface area contributed by atoms with Crippen LogP contribution in [-0.4, -0.2) is 23.5 Å². The highest BCUT2D eigenvalue weighted by Gasteiger charge is 2.30. The summed E-state index contributed by atoms with van der Waals surface area (Å²) in [6, 6.07) is 21.7. The SMILES string of the molecule is CCCCN(Cc1ccc(-c2ccc(CNC3CCCCC3)cc2)cc1)C(=O)Nc1ccc(C(F)(F)F)cc1. The van der Waals surface area contributed by atoms with Gasteiger partial charge in [-0.3, -0.25) is 0 Å². The molecule has 0 saturated heterocycles. The van der Waals surface area contributed by atoms with Crippen LogP contribution in [0, 0.1) is 0 Å². The number of carbonyl (C=O) groups is 1. The number of amides is 2. The smallest absolute Gasteiger partial charge is 0.320 e. The van der Waals surface area contributed by atoms with Crippen molar-refractivity contribution < 1.29 is 18.0 Å². The Balaban J connectivity index is 1.34. The van der Waals surface area contributed by atoms with E-state index in [1.807, 2.05) is 12.1 Å². The minimum Gasteiger partial charge on any atom is -0.320 e. The summed E-state index contributed by atoms with van der Waals surface area (Å²) >= 11 is 0. The van der Waals surface area contributed by atoms with Gasteiger partial charge in [-0.1, -0.05) is 81.1 Å². The molecule has 0 bridgehead atoms. The highest BCUT2D eigenvalue weighted by molar-refractivity contribution is 5.89. The van der Waals surface area contributed by atoms with Crippen LogP contribution in [0.15, 0.2) is 72.8 Å². The number of nitrogens with one attached hydrogen (secondary N) is 2. The molecule has 4 rings (SSSR count). The van der Waals surface area contributed by atoms with Crippen molar-refractivity contribution in [1.29, 1.82) is 0 Å². The molecule has 1 fully saturated rings. The van der Waals surface area contributed by atoms with E-state index in [4.69, 9.17) is 0 Å². The van der Waals surface area contributed by atoms with E-state index in [2.05, 4.69) is 54.0 Å². The molecule has 3 aromatic rings. The van der Waals surface area contributed by atoms with Crippen LogP contribution in [0.3, 0.4) is 0 Å². The van der Waals surface area contributed by atoms with E-state index in [0.717, 1.165) is 48.2 Å². The van der Waals surface area contributed by atoms with Gasteiger partial charge in [-0.2, -0.15) is 13.2 Å². The Kier molecular flexibility index (Phi) is 10.0. The summed E-state index contributed by atoms with van der Waals surface area (Å²) in [5.41, 5.74) is 4.12. The third-order valence-corrected chi connectivity index (χ3v) is 7.35. The van der Waals surface area contributed by atoms with Crippen LogP contribution in [0.2, 0.25) is 0 Å². The van der Waals surface area contributed by atoms with Crippen LogP contribution in [0.5, 0.6) is 0 Å². The van der Waals surface area contributed by atoms with Crippen molar-refractivity contribution in [1.82, 2.24) is 10.2 Å². The molecule has 1 aliphatic carbocycles. The van der Waals surface area contributed by atoms with Crippen LogP contribution in [0.25, 0.3) is 11.1 Å². The standard InChI is InChI=1S/C32H38F3N3O/c1-2-3-21-38(31(39)37-30-19-17-28(18-20-30)32(33,34)35)23-25-11-15-27(16-12-25)26-13-9-24(10-14-26)22-36-29-7-5-4-6-8-29/h9-20,29,36H,2-8,21-23H2,1H3,(H,37,39). The van der Waals surface area contributed by atoms with Crippen molar-refractivity contribution in [2.24, 2.45) is 0 Å². The van der Waals surface area contributed by atoms with E-state index in [0.29, 0.717) is 24.8 Å². The number of rotatable bonds is 10. The molecular weight excluding hydrogens is 499 g/mol. The van der Waals surface area contributed by atoms with E-state index in [9.17, 15) is 18.0 Å². The van der Waals surface area contributed by atoms with Gasteiger partial charge in [-0.25, -0.2) is 4.79 Å². The number of hydrogen-bond acceptors (Lipinski definition) is 2. The average molecular weight is 538 g/mol. The number of nitrogens with zero attached hydrogens (tertiary/aromatic N) is 1. The maximum absolute atomic E-state index is 13.0. The summed E-state index contributed by atoms with van der Waals surface area (Å²) in [6.45, 7) is 3.92. The van der Waals surface area contributed by atoms with Gasteiger partial charge >= 0.3 is 12.2 Å². The molecule has 1 saturated carbocycles. The zero-order chi connectivity index (χ0) is 27.7. The average Bonchev–Trinajstić information content (AvgIpc) is 2.95. The zero-order valence-corrected chi connectivity index (χ0v) is 22.6. The topological polar surface area (TPSA) is 44.4 Å². The van der Waals surface area contributed by atoms with E-state index in [1.165, 1.54) is 49.8 Å². The van der Waals surface area contributed by atoms with Crippen molar-refractivity contribution in [2.75, 3.05) is 11.9 Å². The number of hydrogen-bond donors (Lipinski definition) is 2. The largest absolute Gasteiger partial charge is 0.416 e. The Labute approximate surface area is 229 Å². The molecule has 3 aromatic carbocycles. The van der Waals surface area contributed by atoms with Crippen LogP contribution in [-0.2, 0) is 19.3 Å². The first-order chi connectivity index (χ1) is 18.8. The second-order valence-corrected chi connectivity index (χ2v) is 10.4. The van der Waals surface area contributed by atoms with E-state index in [-0.39, 0.29) is 6.03 Å². The summed E-state index contributed by atoms with van der Waals surface area (Å²) in [6.07, 6.45) is 3.91. The number of urea groups is 1. The summed E-state index contributed by atoms with van der Waals surface area (Å²) in [4.78, 5) is 14.7. The molecule has 7 heteroatoms. The lowest BCUT2D eigenvalue weighted by molar-refractivity contribution is -0.137. The van der Waals surface area contributed by atoms with E-state index >= 15 is 0 Å². The second-order valence-electron chi connectivity index (χ2n) is 10.4. The van der Waals surface area contributed by atoms with Gasteiger partial charge in [0.1, 0.15) is 0 Å². The van der Waals surface area contributed by atoms with Crippen molar-refractivity contribution in [3.05, 3.63) is 89.5 Å². The fraction of sp³-hybridized carbons (Fsp3) is 0.406. The van der Waals surface area contributed by atoms with Crippen LogP contribution in [0.1, 0.15) is 68.6 Å². The second kappa shape index (κ2) is 13.7. The van der Waals surface area contributed by atoms with Crippen LogP contribution in [0.4, 0.5) is 23.7 Å². The number of carbonyl (C=O) groups excluding carboxylic acids is 1. The molecule has 208 valence electrons. The minimum atomic E-state index is -4.41. The first-order valence-corrected chi connectivity index (χ1v) is 14.0. The number of unbranched alkanes of at least 4 members (excludes halogenated alkanes) is 1. The number of anilines is 1. The Morgan fingerprint density at radius 1 is 0.846 bits per heavy atom. The molecular formula is C32H38F3N3O. The zero-order valence-electron chi connectivity index (χ0n) is 22.6. The third kappa shape index (κ3) is 8.59. The summed E-state index contributed by atoms with van der Waals surface area (Å²) in [5, 5.41) is 6.43. The lowest BCUT2D eigenvalue weighted by Crippen LogP contribution is -2.35. The highest BCUT2D eigenvalue weighted by atomic mass is 19.4. The molecule has 0 unspecified atom stereocenters. The summed E-state index contributed by atoms with van der Waals surface area (Å²) in [5.74, 6) is 0. The predicted octanol–water partition coefficient (Wildman–Crippen LogP) is 8.63. The van der Waals surface area contributed by atoms with Crippen LogP contribution >= 0.6 is 0 Å². The van der Waals surface area contributed by atoms with Crippen molar-refractivity contribution >= 4 is 11.7 Å². The maximum Gasteiger partial charge on any atom is 0.416 e. The lowest BCUT2D eigenvalue weighted by atomic mass is 9.95. The fourth-order valence-corrected chi connectivity index (χ4v) is 4.95. The normalized spacial score (nSPS) is 14.3. The molecule has 0 aromatic heterocycles. The first kappa shape index (κ1) is 28.7. The minimum absolute atomic E-state index is 0.329. The van der Waals surface area contributed by atoms with E-state index in [1.54, 1.807) is 4.90 Å². The Hall–Kier alpha value is -3.32. The molecule has 39 heavy (non-hydrogen) atoms. The van der Waals surface area contributed by atoms with Gasteiger partial charge in [-0.15, -0.1) is 0 Å². The number of alkyl halides is 3. The molecule has 2 amide bonds. The van der Waals surface area contributed by atoms with Gasteiger partial charge in [0, 0.05) is 31.4 Å². The summed E-state index contributed by atoms with van der Waals surface area (Å²) in [7, 11) is 0. The van der Waals surface area contributed by atoms with Gasteiger partial charge < -0.3 is 15.5 Å².